The molecule has 0 saturated carbocycles. The van der Waals surface area contributed by atoms with E-state index in [2.05, 4.69) is 11.9 Å². The van der Waals surface area contributed by atoms with Crippen LogP contribution in [0.1, 0.15) is 25.8 Å². The summed E-state index contributed by atoms with van der Waals surface area (Å²) in [6.07, 6.45) is 4.41. The second kappa shape index (κ2) is 4.82. The highest BCUT2D eigenvalue weighted by Gasteiger charge is 2.05. The van der Waals surface area contributed by atoms with Crippen molar-refractivity contribution in [3.05, 3.63) is 24.0 Å². The van der Waals surface area contributed by atoms with Gasteiger partial charge in [-0.2, -0.15) is 0 Å². The van der Waals surface area contributed by atoms with Crippen molar-refractivity contribution in [3.8, 4) is 5.75 Å². The molecular weight excluding hydrogens is 166 g/mol. The Bertz CT molecular complexity index is 263. The maximum Gasteiger partial charge on any atom is 0.128 e. The topological polar surface area (TPSA) is 42.4 Å². The Labute approximate surface area is 78.4 Å². The number of aromatic nitrogens is 1. The first-order valence-corrected chi connectivity index (χ1v) is 4.48. The Morgan fingerprint density at radius 2 is 2.38 bits per heavy atom. The van der Waals surface area contributed by atoms with E-state index in [0.29, 0.717) is 0 Å². The van der Waals surface area contributed by atoms with Crippen molar-refractivity contribution in [1.82, 2.24) is 4.98 Å². The maximum absolute atomic E-state index is 8.98. The zero-order chi connectivity index (χ0) is 9.68. The zero-order valence-corrected chi connectivity index (χ0v) is 8.03. The SMILES string of the molecule is CCC(C)Oc1ccncc1CO. The van der Waals surface area contributed by atoms with Crippen LogP contribution in [0.3, 0.4) is 0 Å². The van der Waals surface area contributed by atoms with E-state index >= 15 is 0 Å². The Balaban J connectivity index is 2.74. The van der Waals surface area contributed by atoms with Crippen LogP contribution < -0.4 is 4.74 Å². The van der Waals surface area contributed by atoms with Crippen LogP contribution in [-0.4, -0.2) is 16.2 Å². The molecule has 13 heavy (non-hydrogen) atoms. The molecule has 3 nitrogen and oxygen atoms in total. The molecule has 0 aliphatic carbocycles. The summed E-state index contributed by atoms with van der Waals surface area (Å²) in [5, 5.41) is 8.98. The van der Waals surface area contributed by atoms with Crippen LogP contribution in [0.15, 0.2) is 18.5 Å². The third-order valence-corrected chi connectivity index (χ3v) is 1.93. The van der Waals surface area contributed by atoms with Gasteiger partial charge in [-0.25, -0.2) is 0 Å². The van der Waals surface area contributed by atoms with E-state index in [1.807, 2.05) is 6.92 Å². The van der Waals surface area contributed by atoms with Gasteiger partial charge >= 0.3 is 0 Å². The molecule has 72 valence electrons. The Morgan fingerprint density at radius 3 is 3.00 bits per heavy atom. The van der Waals surface area contributed by atoms with Gasteiger partial charge < -0.3 is 9.84 Å². The molecule has 0 spiro atoms. The van der Waals surface area contributed by atoms with Crippen molar-refractivity contribution >= 4 is 0 Å². The van der Waals surface area contributed by atoms with Gasteiger partial charge in [0.1, 0.15) is 5.75 Å². The van der Waals surface area contributed by atoms with Gasteiger partial charge in [0.2, 0.25) is 0 Å². The van der Waals surface area contributed by atoms with E-state index < -0.39 is 0 Å². The summed E-state index contributed by atoms with van der Waals surface area (Å²) in [5.74, 6) is 0.729. The van der Waals surface area contributed by atoms with Crippen molar-refractivity contribution in [1.29, 1.82) is 0 Å². The third-order valence-electron chi connectivity index (χ3n) is 1.93. The molecule has 0 fully saturated rings. The summed E-state index contributed by atoms with van der Waals surface area (Å²) in [6.45, 7) is 4.03. The molecular formula is C10H15NO2. The average Bonchev–Trinajstić information content (AvgIpc) is 2.18. The fraction of sp³-hybridized carbons (Fsp3) is 0.500. The van der Waals surface area contributed by atoms with Gasteiger partial charge in [0.05, 0.1) is 12.7 Å². The summed E-state index contributed by atoms with van der Waals surface area (Å²) in [7, 11) is 0. The third kappa shape index (κ3) is 2.70. The summed E-state index contributed by atoms with van der Waals surface area (Å²) in [4.78, 5) is 3.91. The minimum Gasteiger partial charge on any atom is -0.490 e. The van der Waals surface area contributed by atoms with Crippen molar-refractivity contribution in [2.45, 2.75) is 33.0 Å². The second-order valence-electron chi connectivity index (χ2n) is 2.98. The van der Waals surface area contributed by atoms with Gasteiger partial charge in [0, 0.05) is 18.0 Å². The first-order valence-electron chi connectivity index (χ1n) is 4.48. The van der Waals surface area contributed by atoms with Gasteiger partial charge in [0.15, 0.2) is 0 Å². The first-order chi connectivity index (χ1) is 6.27. The number of rotatable bonds is 4. The standard InChI is InChI=1S/C10H15NO2/c1-3-8(2)13-10-4-5-11-6-9(10)7-12/h4-6,8,12H,3,7H2,1-2H3. The summed E-state index contributed by atoms with van der Waals surface area (Å²) < 4.78 is 5.59. The lowest BCUT2D eigenvalue weighted by atomic mass is 10.2. The molecule has 1 aromatic heterocycles. The lowest BCUT2D eigenvalue weighted by Gasteiger charge is -2.14. The maximum atomic E-state index is 8.98. The molecule has 0 bridgehead atoms. The van der Waals surface area contributed by atoms with E-state index in [0.717, 1.165) is 17.7 Å². The van der Waals surface area contributed by atoms with Crippen LogP contribution >= 0.6 is 0 Å². The van der Waals surface area contributed by atoms with Gasteiger partial charge in [-0.15, -0.1) is 0 Å². The van der Waals surface area contributed by atoms with Gasteiger partial charge in [-0.1, -0.05) is 6.92 Å². The van der Waals surface area contributed by atoms with Crippen LogP contribution in [0.5, 0.6) is 5.75 Å². The summed E-state index contributed by atoms with van der Waals surface area (Å²) in [6, 6.07) is 1.78. The van der Waals surface area contributed by atoms with Crippen molar-refractivity contribution in [2.24, 2.45) is 0 Å². The zero-order valence-electron chi connectivity index (χ0n) is 8.03. The Morgan fingerprint density at radius 1 is 1.62 bits per heavy atom. The fourth-order valence-corrected chi connectivity index (χ4v) is 0.948. The molecule has 0 amide bonds. The van der Waals surface area contributed by atoms with Crippen molar-refractivity contribution in [3.63, 3.8) is 0 Å². The summed E-state index contributed by atoms with van der Waals surface area (Å²) >= 11 is 0. The van der Waals surface area contributed by atoms with Crippen molar-refractivity contribution in [2.75, 3.05) is 0 Å². The minimum absolute atomic E-state index is 0.0282. The number of hydrogen-bond donors (Lipinski definition) is 1. The number of aliphatic hydroxyl groups excluding tert-OH is 1. The van der Waals surface area contributed by atoms with E-state index in [1.165, 1.54) is 0 Å². The normalized spacial score (nSPS) is 12.5. The highest BCUT2D eigenvalue weighted by Crippen LogP contribution is 2.18. The van der Waals surface area contributed by atoms with Crippen LogP contribution in [0.4, 0.5) is 0 Å². The highest BCUT2D eigenvalue weighted by molar-refractivity contribution is 5.29. The largest absolute Gasteiger partial charge is 0.490 e. The van der Waals surface area contributed by atoms with E-state index in [9.17, 15) is 0 Å². The number of pyridine rings is 1. The molecule has 1 unspecified atom stereocenters. The molecule has 0 saturated heterocycles. The molecule has 3 heteroatoms. The molecule has 1 rings (SSSR count). The predicted octanol–water partition coefficient (Wildman–Crippen LogP) is 1.75. The van der Waals surface area contributed by atoms with E-state index in [4.69, 9.17) is 9.84 Å². The molecule has 1 N–H and O–H groups in total. The van der Waals surface area contributed by atoms with E-state index in [1.54, 1.807) is 18.5 Å². The molecule has 1 atom stereocenters. The number of ether oxygens (including phenoxy) is 1. The van der Waals surface area contributed by atoms with Gasteiger partial charge in [-0.3, -0.25) is 4.98 Å². The number of nitrogens with zero attached hydrogens (tertiary/aromatic N) is 1. The van der Waals surface area contributed by atoms with Crippen LogP contribution in [-0.2, 0) is 6.61 Å². The van der Waals surface area contributed by atoms with E-state index in [-0.39, 0.29) is 12.7 Å². The average molecular weight is 181 g/mol. The van der Waals surface area contributed by atoms with Crippen molar-refractivity contribution < 1.29 is 9.84 Å². The Kier molecular flexibility index (Phi) is 3.71. The smallest absolute Gasteiger partial charge is 0.128 e. The molecule has 0 aliphatic rings. The minimum atomic E-state index is -0.0282. The first kappa shape index (κ1) is 9.99. The lowest BCUT2D eigenvalue weighted by molar-refractivity contribution is 0.205. The molecule has 1 heterocycles. The number of hydrogen-bond acceptors (Lipinski definition) is 3. The van der Waals surface area contributed by atoms with Gasteiger partial charge in [0.25, 0.3) is 0 Å². The molecule has 0 radical (unpaired) electrons. The molecule has 0 aliphatic heterocycles. The summed E-state index contributed by atoms with van der Waals surface area (Å²) in [5.41, 5.74) is 0.739. The Hall–Kier alpha value is -1.09. The molecule has 1 aromatic rings. The fourth-order valence-electron chi connectivity index (χ4n) is 0.948. The molecule has 0 aromatic carbocycles. The second-order valence-corrected chi connectivity index (χ2v) is 2.98. The highest BCUT2D eigenvalue weighted by atomic mass is 16.5. The van der Waals surface area contributed by atoms with Crippen LogP contribution in [0.2, 0.25) is 0 Å². The quantitative estimate of drug-likeness (QED) is 0.769. The predicted molar refractivity (Wildman–Crippen MR) is 50.5 cm³/mol. The number of aliphatic hydroxyl groups is 1. The lowest BCUT2D eigenvalue weighted by Crippen LogP contribution is -2.11. The van der Waals surface area contributed by atoms with Crippen LogP contribution in [0, 0.1) is 0 Å². The monoisotopic (exact) mass is 181 g/mol. The van der Waals surface area contributed by atoms with Gasteiger partial charge in [-0.05, 0) is 19.4 Å². The van der Waals surface area contributed by atoms with Crippen LogP contribution in [0.25, 0.3) is 0 Å².